The lowest BCUT2D eigenvalue weighted by atomic mass is 10.1. The van der Waals surface area contributed by atoms with Crippen LogP contribution in [0.1, 0.15) is 55.5 Å². The fraction of sp³-hybridized carbons (Fsp3) is 0.312. The van der Waals surface area contributed by atoms with Crippen LogP contribution in [0.2, 0.25) is 0 Å². The minimum Gasteiger partial charge on any atom is -0.340 e. The summed E-state index contributed by atoms with van der Waals surface area (Å²) in [6.07, 6.45) is 4.44. The number of benzene rings is 2. The number of para-hydroxylation sites is 1. The molecule has 3 aliphatic rings. The molecule has 0 bridgehead atoms. The van der Waals surface area contributed by atoms with Gasteiger partial charge in [0.2, 0.25) is 11.9 Å². The number of fused-ring (bicyclic) bond motifs is 5. The highest BCUT2D eigenvalue weighted by Crippen LogP contribution is 2.43. The summed E-state index contributed by atoms with van der Waals surface area (Å²) in [4.78, 5) is 26.4. The molecule has 4 heterocycles. The number of rotatable bonds is 5. The highest BCUT2D eigenvalue weighted by atomic mass is 19.1. The third-order valence-corrected chi connectivity index (χ3v) is 7.59. The molecule has 9 heteroatoms. The zero-order valence-electron chi connectivity index (χ0n) is 23.6. The van der Waals surface area contributed by atoms with E-state index in [1.807, 2.05) is 59.3 Å². The van der Waals surface area contributed by atoms with E-state index in [1.165, 1.54) is 12.5 Å². The number of nitrogens with one attached hydrogen (secondary N) is 1. The molecule has 1 aliphatic carbocycles. The van der Waals surface area contributed by atoms with Gasteiger partial charge < -0.3 is 5.32 Å². The molecule has 41 heavy (non-hydrogen) atoms. The molecule has 210 valence electrons. The van der Waals surface area contributed by atoms with Crippen LogP contribution in [0, 0.1) is 5.95 Å². The van der Waals surface area contributed by atoms with E-state index in [-0.39, 0.29) is 18.0 Å². The summed E-state index contributed by atoms with van der Waals surface area (Å²) >= 11 is 0. The highest BCUT2D eigenvalue weighted by molar-refractivity contribution is 6.21. The molecule has 1 saturated carbocycles. The average molecular weight is 552 g/mol. The molecule has 0 spiro atoms. The van der Waals surface area contributed by atoms with Gasteiger partial charge in [-0.05, 0) is 49.1 Å². The number of hydrogen-bond acceptors (Lipinski definition) is 6. The number of amides is 1. The number of anilines is 3. The second kappa shape index (κ2) is 11.2. The van der Waals surface area contributed by atoms with Gasteiger partial charge in [-0.25, -0.2) is 14.7 Å². The van der Waals surface area contributed by atoms with Crippen molar-refractivity contribution >= 4 is 29.2 Å². The van der Waals surface area contributed by atoms with E-state index in [9.17, 15) is 9.18 Å². The number of guanidine groups is 1. The topological polar surface area (TPSA) is 78.7 Å². The summed E-state index contributed by atoms with van der Waals surface area (Å²) in [6.45, 7) is 4.70. The summed E-state index contributed by atoms with van der Waals surface area (Å²) in [6, 6.07) is 22.8. The van der Waals surface area contributed by atoms with Crippen molar-refractivity contribution in [3.05, 3.63) is 89.9 Å². The van der Waals surface area contributed by atoms with Gasteiger partial charge in [0.1, 0.15) is 11.4 Å². The van der Waals surface area contributed by atoms with E-state index >= 15 is 0 Å². The normalized spacial score (nSPS) is 18.7. The first-order valence-electron chi connectivity index (χ1n) is 14.3. The Morgan fingerprint density at radius 3 is 2.46 bits per heavy atom. The van der Waals surface area contributed by atoms with Gasteiger partial charge in [0.25, 0.3) is 5.91 Å². The number of carbonyl (C=O) groups excluding carboxylic acids is 1. The first kappa shape index (κ1) is 26.7. The summed E-state index contributed by atoms with van der Waals surface area (Å²) in [5, 5.41) is 8.48. The maximum atomic E-state index is 13.7. The predicted octanol–water partition coefficient (Wildman–Crippen LogP) is 6.48. The third-order valence-electron chi connectivity index (χ3n) is 7.59. The van der Waals surface area contributed by atoms with Crippen molar-refractivity contribution in [1.82, 2.24) is 19.7 Å². The van der Waals surface area contributed by atoms with Crippen LogP contribution in [-0.4, -0.2) is 50.7 Å². The smallest absolute Gasteiger partial charge is 0.267 e. The standard InChI is InChI=1S/C29H26FN7O.C3H8/c1-35-28(38)25-26(31-20-7-3-2-4-8-20)36(34-27(25)37-23-11-5-10-22(23)33-29(35)37)17-18-13-15-19(16-14-18)21-9-6-12-24(30)32-21;1-3-2/h2-4,6-9,12-16,22-23,31H,5,10-11,17H2,1H3;3H2,1-2H3. The van der Waals surface area contributed by atoms with Gasteiger partial charge in [0.15, 0.2) is 5.82 Å². The van der Waals surface area contributed by atoms with Crippen LogP contribution >= 0.6 is 0 Å². The van der Waals surface area contributed by atoms with Crippen molar-refractivity contribution in [2.24, 2.45) is 4.99 Å². The number of hydrogen-bond donors (Lipinski definition) is 1. The van der Waals surface area contributed by atoms with E-state index < -0.39 is 5.95 Å². The summed E-state index contributed by atoms with van der Waals surface area (Å²) in [7, 11) is 1.79. The maximum Gasteiger partial charge on any atom is 0.267 e. The minimum absolute atomic E-state index is 0.118. The fourth-order valence-corrected chi connectivity index (χ4v) is 5.73. The van der Waals surface area contributed by atoms with Gasteiger partial charge in [-0.15, -0.1) is 0 Å². The first-order valence-corrected chi connectivity index (χ1v) is 14.3. The SMILES string of the molecule is CCC.CN1C(=O)c2c(nn(Cc3ccc(-c4cccc(F)n4)cc3)c2Nc2ccccc2)N2C1=NC1CCCC12. The highest BCUT2D eigenvalue weighted by Gasteiger charge is 2.49. The minimum atomic E-state index is -0.505. The second-order valence-corrected chi connectivity index (χ2v) is 10.7. The largest absolute Gasteiger partial charge is 0.340 e. The van der Waals surface area contributed by atoms with Gasteiger partial charge in [-0.1, -0.05) is 68.8 Å². The van der Waals surface area contributed by atoms with E-state index in [1.54, 1.807) is 24.1 Å². The van der Waals surface area contributed by atoms with Crippen LogP contribution in [0.4, 0.5) is 21.7 Å². The van der Waals surface area contributed by atoms with Crippen molar-refractivity contribution in [1.29, 1.82) is 0 Å². The molecule has 4 aromatic rings. The first-order chi connectivity index (χ1) is 20.0. The lowest BCUT2D eigenvalue weighted by Gasteiger charge is -2.34. The molecular formula is C32H34FN7O. The van der Waals surface area contributed by atoms with Crippen molar-refractivity contribution in [2.75, 3.05) is 17.3 Å². The van der Waals surface area contributed by atoms with Crippen LogP contribution in [0.25, 0.3) is 11.3 Å². The van der Waals surface area contributed by atoms with Gasteiger partial charge in [0.05, 0.1) is 24.3 Å². The summed E-state index contributed by atoms with van der Waals surface area (Å²) < 4.78 is 15.5. The summed E-state index contributed by atoms with van der Waals surface area (Å²) in [5.74, 6) is 1.39. The molecule has 7 rings (SSSR count). The van der Waals surface area contributed by atoms with Crippen molar-refractivity contribution < 1.29 is 9.18 Å². The van der Waals surface area contributed by atoms with Crippen LogP contribution in [0.5, 0.6) is 0 Å². The lowest BCUT2D eigenvalue weighted by molar-refractivity contribution is 0.0866. The van der Waals surface area contributed by atoms with Gasteiger partial charge in [-0.2, -0.15) is 9.49 Å². The molecule has 2 aromatic carbocycles. The average Bonchev–Trinajstić information content (AvgIpc) is 3.67. The second-order valence-electron chi connectivity index (χ2n) is 10.7. The van der Waals surface area contributed by atoms with E-state index in [4.69, 9.17) is 10.1 Å². The molecular weight excluding hydrogens is 517 g/mol. The van der Waals surface area contributed by atoms with E-state index in [2.05, 4.69) is 29.0 Å². The molecule has 0 saturated heterocycles. The quantitative estimate of drug-likeness (QED) is 0.288. The molecule has 2 unspecified atom stereocenters. The Hall–Kier alpha value is -4.53. The number of nitrogens with zero attached hydrogens (tertiary/aromatic N) is 6. The Kier molecular flexibility index (Phi) is 7.26. The molecule has 1 N–H and O–H groups in total. The number of pyridine rings is 1. The molecule has 8 nitrogen and oxygen atoms in total. The number of carbonyl (C=O) groups is 1. The Morgan fingerprint density at radius 1 is 0.976 bits per heavy atom. The molecule has 0 radical (unpaired) electrons. The Balaban J connectivity index is 0.000000967. The van der Waals surface area contributed by atoms with Crippen LogP contribution in [0.3, 0.4) is 0 Å². The Bertz CT molecular complexity index is 1580. The van der Waals surface area contributed by atoms with Gasteiger partial charge in [0, 0.05) is 18.3 Å². The van der Waals surface area contributed by atoms with Crippen molar-refractivity contribution in [3.8, 4) is 11.3 Å². The summed E-state index contributed by atoms with van der Waals surface area (Å²) in [5.41, 5.74) is 3.84. The molecule has 1 amide bonds. The molecule has 2 aromatic heterocycles. The third kappa shape index (κ3) is 4.96. The van der Waals surface area contributed by atoms with Crippen molar-refractivity contribution in [2.45, 2.75) is 58.2 Å². The van der Waals surface area contributed by atoms with Gasteiger partial charge >= 0.3 is 0 Å². The molecule has 1 fully saturated rings. The van der Waals surface area contributed by atoms with Gasteiger partial charge in [-0.3, -0.25) is 14.6 Å². The maximum absolute atomic E-state index is 13.7. The van der Waals surface area contributed by atoms with Crippen LogP contribution < -0.4 is 10.2 Å². The van der Waals surface area contributed by atoms with E-state index in [0.717, 1.165) is 36.1 Å². The number of aliphatic imine (C=N–C) groups is 1. The van der Waals surface area contributed by atoms with Crippen LogP contribution in [-0.2, 0) is 6.54 Å². The molecule has 2 atom stereocenters. The van der Waals surface area contributed by atoms with E-state index in [0.29, 0.717) is 35.4 Å². The zero-order valence-corrected chi connectivity index (χ0v) is 23.6. The monoisotopic (exact) mass is 551 g/mol. The van der Waals surface area contributed by atoms with Crippen LogP contribution in [0.15, 0.2) is 77.8 Å². The van der Waals surface area contributed by atoms with Crippen molar-refractivity contribution in [3.63, 3.8) is 0 Å². The molecule has 2 aliphatic heterocycles. The fourth-order valence-electron chi connectivity index (χ4n) is 5.73. The Labute approximate surface area is 239 Å². The number of halogens is 1. The predicted molar refractivity (Wildman–Crippen MR) is 160 cm³/mol. The lowest BCUT2D eigenvalue weighted by Crippen LogP contribution is -2.51. The zero-order chi connectivity index (χ0) is 28.5. The Morgan fingerprint density at radius 2 is 1.73 bits per heavy atom. The number of aromatic nitrogens is 3.